The number of benzene rings is 5. The third-order valence-electron chi connectivity index (χ3n) is 7.95. The smallest absolute Gasteiger partial charge is 0.115 e. The molecule has 0 amide bonds. The zero-order chi connectivity index (χ0) is 28.3. The van der Waals surface area contributed by atoms with E-state index in [2.05, 4.69) is 68.1 Å². The number of rotatable bonds is 8. The summed E-state index contributed by atoms with van der Waals surface area (Å²) in [4.78, 5) is 2.25. The number of phenols is 2. The van der Waals surface area contributed by atoms with Gasteiger partial charge in [-0.15, -0.1) is 0 Å². The van der Waals surface area contributed by atoms with Crippen LogP contribution in [0.5, 0.6) is 11.5 Å². The molecule has 4 heteroatoms. The van der Waals surface area contributed by atoms with E-state index in [1.807, 2.05) is 48.5 Å². The van der Waals surface area contributed by atoms with Gasteiger partial charge in [-0.25, -0.2) is 0 Å². The van der Waals surface area contributed by atoms with Crippen molar-refractivity contribution in [2.75, 3.05) is 4.90 Å². The van der Waals surface area contributed by atoms with Crippen LogP contribution in [-0.4, -0.2) is 10.2 Å². The first-order valence-corrected chi connectivity index (χ1v) is 13.9. The highest BCUT2D eigenvalue weighted by Crippen LogP contribution is 2.39. The first-order chi connectivity index (χ1) is 19.2. The Morgan fingerprint density at radius 3 is 1.57 bits per heavy atom. The second-order valence-corrected chi connectivity index (χ2v) is 11.1. The molecule has 0 heterocycles. The molecule has 0 aromatic heterocycles. The summed E-state index contributed by atoms with van der Waals surface area (Å²) in [5.74, 6) is 0.503. The zero-order valence-corrected chi connectivity index (χ0v) is 23.9. The maximum Gasteiger partial charge on any atom is 0.115 e. The van der Waals surface area contributed by atoms with Crippen LogP contribution < -0.4 is 4.90 Å². The van der Waals surface area contributed by atoms with Crippen molar-refractivity contribution in [3.8, 4) is 11.5 Å². The largest absolute Gasteiger partial charge is 0.508 e. The fourth-order valence-corrected chi connectivity index (χ4v) is 5.35. The molecule has 5 aromatic rings. The molecule has 2 N–H and O–H groups in total. The highest BCUT2D eigenvalue weighted by molar-refractivity contribution is 6.30. The van der Waals surface area contributed by atoms with Gasteiger partial charge >= 0.3 is 0 Å². The molecule has 0 aliphatic carbocycles. The van der Waals surface area contributed by atoms with E-state index < -0.39 is 0 Å². The average molecular weight is 548 g/mol. The van der Waals surface area contributed by atoms with Crippen molar-refractivity contribution in [1.29, 1.82) is 0 Å². The van der Waals surface area contributed by atoms with Crippen LogP contribution in [-0.2, 0) is 11.8 Å². The van der Waals surface area contributed by atoms with Crippen molar-refractivity contribution in [1.82, 2.24) is 0 Å². The van der Waals surface area contributed by atoms with Gasteiger partial charge in [0.15, 0.2) is 0 Å². The van der Waals surface area contributed by atoms with Crippen LogP contribution in [0.4, 0.5) is 17.1 Å². The van der Waals surface area contributed by atoms with Crippen molar-refractivity contribution in [2.45, 2.75) is 39.0 Å². The lowest BCUT2D eigenvalue weighted by Gasteiger charge is -2.31. The van der Waals surface area contributed by atoms with Crippen LogP contribution >= 0.6 is 11.6 Å². The molecule has 0 aliphatic heterocycles. The third-order valence-corrected chi connectivity index (χ3v) is 8.20. The van der Waals surface area contributed by atoms with Crippen molar-refractivity contribution in [2.24, 2.45) is 0 Å². The lowest BCUT2D eigenvalue weighted by atomic mass is 9.72. The molecule has 0 radical (unpaired) electrons. The van der Waals surface area contributed by atoms with Gasteiger partial charge in [0.25, 0.3) is 0 Å². The Bertz CT molecular complexity index is 1530. The molecule has 0 saturated carbocycles. The molecule has 0 bridgehead atoms. The molecule has 202 valence electrons. The molecule has 0 fully saturated rings. The minimum absolute atomic E-state index is 0.251. The van der Waals surface area contributed by atoms with E-state index in [-0.39, 0.29) is 16.9 Å². The molecule has 0 saturated heterocycles. The number of halogens is 1. The minimum Gasteiger partial charge on any atom is -0.508 e. The number of phenolic OH excluding ortho intramolecular Hbond substituents is 2. The van der Waals surface area contributed by atoms with Crippen molar-refractivity contribution in [3.63, 3.8) is 0 Å². The standard InChI is InChI=1S/C36H34ClNO2/c1-25-4-13-33(24-26(25)2)38(32-16-11-30(37)12-17-32)31-14-5-27(6-15-31)22-23-36(3,28-7-18-34(39)19-8-28)29-9-20-35(40)21-10-29/h4-21,24,39-40H,22-23H2,1-3H3. The van der Waals surface area contributed by atoms with Crippen molar-refractivity contribution in [3.05, 3.63) is 148 Å². The van der Waals surface area contributed by atoms with E-state index in [1.54, 1.807) is 24.3 Å². The Labute approximate surface area is 242 Å². The molecular weight excluding hydrogens is 514 g/mol. The number of hydrogen-bond donors (Lipinski definition) is 2. The zero-order valence-electron chi connectivity index (χ0n) is 23.1. The summed E-state index contributed by atoms with van der Waals surface area (Å²) in [5, 5.41) is 20.5. The number of hydrogen-bond acceptors (Lipinski definition) is 3. The van der Waals surface area contributed by atoms with E-state index in [0.717, 1.165) is 41.0 Å². The Morgan fingerprint density at radius 1 is 0.600 bits per heavy atom. The molecule has 5 aromatic carbocycles. The van der Waals surface area contributed by atoms with Gasteiger partial charge in [0.1, 0.15) is 11.5 Å². The van der Waals surface area contributed by atoms with Crippen LogP contribution in [0.15, 0.2) is 115 Å². The van der Waals surface area contributed by atoms with Gasteiger partial charge in [-0.05, 0) is 127 Å². The van der Waals surface area contributed by atoms with Crippen molar-refractivity contribution >= 4 is 28.7 Å². The number of aromatic hydroxyl groups is 2. The predicted molar refractivity (Wildman–Crippen MR) is 167 cm³/mol. The molecule has 0 spiro atoms. The summed E-state index contributed by atoms with van der Waals surface area (Å²) < 4.78 is 0. The quantitative estimate of drug-likeness (QED) is 0.203. The summed E-state index contributed by atoms with van der Waals surface area (Å²) in [6, 6.07) is 38.1. The van der Waals surface area contributed by atoms with Gasteiger partial charge in [0.2, 0.25) is 0 Å². The summed E-state index contributed by atoms with van der Waals surface area (Å²) >= 11 is 6.21. The van der Waals surface area contributed by atoms with E-state index in [9.17, 15) is 10.2 Å². The SMILES string of the molecule is Cc1ccc(N(c2ccc(Cl)cc2)c2ccc(CCC(C)(c3ccc(O)cc3)c3ccc(O)cc3)cc2)cc1C. The van der Waals surface area contributed by atoms with Gasteiger partial charge in [-0.2, -0.15) is 0 Å². The van der Waals surface area contributed by atoms with Crippen LogP contribution in [0.2, 0.25) is 5.02 Å². The highest BCUT2D eigenvalue weighted by atomic mass is 35.5. The molecule has 40 heavy (non-hydrogen) atoms. The third kappa shape index (κ3) is 5.85. The molecule has 5 rings (SSSR count). The predicted octanol–water partition coefficient (Wildman–Crippen LogP) is 9.78. The molecule has 0 unspecified atom stereocenters. The Morgan fingerprint density at radius 2 is 1.07 bits per heavy atom. The summed E-state index contributed by atoms with van der Waals surface area (Å²) in [6.45, 7) is 6.49. The van der Waals surface area contributed by atoms with Crippen LogP contribution in [0.3, 0.4) is 0 Å². The Balaban J connectivity index is 1.44. The molecular formula is C36H34ClNO2. The molecule has 0 aliphatic rings. The maximum atomic E-state index is 9.87. The lowest BCUT2D eigenvalue weighted by Crippen LogP contribution is -2.24. The van der Waals surface area contributed by atoms with Gasteiger partial charge < -0.3 is 15.1 Å². The summed E-state index contributed by atoms with van der Waals surface area (Å²) in [7, 11) is 0. The summed E-state index contributed by atoms with van der Waals surface area (Å²) in [6.07, 6.45) is 1.73. The number of anilines is 3. The second kappa shape index (κ2) is 11.5. The van der Waals surface area contributed by atoms with Gasteiger partial charge in [-0.1, -0.05) is 61.0 Å². The molecule has 3 nitrogen and oxygen atoms in total. The van der Waals surface area contributed by atoms with Gasteiger partial charge in [-0.3, -0.25) is 0 Å². The summed E-state index contributed by atoms with van der Waals surface area (Å²) in [5.41, 5.74) is 8.93. The Kier molecular flexibility index (Phi) is 7.86. The van der Waals surface area contributed by atoms with Crippen LogP contribution in [0.25, 0.3) is 0 Å². The van der Waals surface area contributed by atoms with Crippen molar-refractivity contribution < 1.29 is 10.2 Å². The van der Waals surface area contributed by atoms with Crippen LogP contribution in [0, 0.1) is 13.8 Å². The van der Waals surface area contributed by atoms with E-state index in [1.165, 1.54) is 16.7 Å². The van der Waals surface area contributed by atoms with Gasteiger partial charge in [0.05, 0.1) is 0 Å². The number of aryl methyl sites for hydroxylation is 3. The average Bonchev–Trinajstić information content (AvgIpc) is 2.96. The van der Waals surface area contributed by atoms with Crippen LogP contribution in [0.1, 0.15) is 41.2 Å². The highest BCUT2D eigenvalue weighted by Gasteiger charge is 2.29. The van der Waals surface area contributed by atoms with Gasteiger partial charge in [0, 0.05) is 27.5 Å². The number of nitrogens with zero attached hydrogens (tertiary/aromatic N) is 1. The van der Waals surface area contributed by atoms with E-state index in [0.29, 0.717) is 5.02 Å². The fraction of sp³-hybridized carbons (Fsp3) is 0.167. The normalized spacial score (nSPS) is 11.4. The first kappa shape index (κ1) is 27.4. The Hall–Kier alpha value is -4.21. The molecule has 0 atom stereocenters. The monoisotopic (exact) mass is 547 g/mol. The van der Waals surface area contributed by atoms with E-state index >= 15 is 0 Å². The minimum atomic E-state index is -0.297. The second-order valence-electron chi connectivity index (χ2n) is 10.7. The first-order valence-electron chi connectivity index (χ1n) is 13.5. The van der Waals surface area contributed by atoms with E-state index in [4.69, 9.17) is 11.6 Å². The topological polar surface area (TPSA) is 43.7 Å². The lowest BCUT2D eigenvalue weighted by molar-refractivity contribution is 0.470. The fourth-order valence-electron chi connectivity index (χ4n) is 5.22. The maximum absolute atomic E-state index is 9.87.